The molecule has 0 unspecified atom stereocenters. The molecule has 0 spiro atoms. The maximum Gasteiger partial charge on any atom is 0.221 e. The van der Waals surface area contributed by atoms with Gasteiger partial charge in [-0.2, -0.15) is 0 Å². The Bertz CT molecular complexity index is 340. The van der Waals surface area contributed by atoms with Crippen molar-refractivity contribution in [2.45, 2.75) is 13.3 Å². The standard InChI is InChI=1S/C12H18N2O2/c1-3-16-11-7-5-4-6-10(11)14-9-8-12(15)13-2/h4-7,14H,3,8-9H2,1-2H3,(H,13,15). The summed E-state index contributed by atoms with van der Waals surface area (Å²) < 4.78 is 5.46. The maximum atomic E-state index is 11.0. The van der Waals surface area contributed by atoms with Gasteiger partial charge >= 0.3 is 0 Å². The fraction of sp³-hybridized carbons (Fsp3) is 0.417. The summed E-state index contributed by atoms with van der Waals surface area (Å²) in [6.45, 7) is 3.18. The third kappa shape index (κ3) is 3.81. The number of rotatable bonds is 6. The van der Waals surface area contributed by atoms with Gasteiger partial charge in [-0.1, -0.05) is 12.1 Å². The van der Waals surface area contributed by atoms with Gasteiger partial charge in [0.25, 0.3) is 0 Å². The lowest BCUT2D eigenvalue weighted by Gasteiger charge is -2.11. The van der Waals surface area contributed by atoms with Crippen LogP contribution >= 0.6 is 0 Å². The van der Waals surface area contributed by atoms with Crippen molar-refractivity contribution in [3.63, 3.8) is 0 Å². The number of amides is 1. The SMILES string of the molecule is CCOc1ccccc1NCCC(=O)NC. The predicted octanol–water partition coefficient (Wildman–Crippen LogP) is 1.63. The number of anilines is 1. The molecule has 1 rings (SSSR count). The molecule has 0 bridgehead atoms. The van der Waals surface area contributed by atoms with Gasteiger partial charge in [0.05, 0.1) is 12.3 Å². The molecule has 0 saturated carbocycles. The van der Waals surface area contributed by atoms with Gasteiger partial charge in [-0.05, 0) is 19.1 Å². The smallest absolute Gasteiger partial charge is 0.221 e. The zero-order valence-corrected chi connectivity index (χ0v) is 9.75. The Morgan fingerprint density at radius 1 is 1.38 bits per heavy atom. The lowest BCUT2D eigenvalue weighted by atomic mass is 10.3. The van der Waals surface area contributed by atoms with Gasteiger partial charge in [-0.15, -0.1) is 0 Å². The minimum Gasteiger partial charge on any atom is -0.492 e. The molecule has 0 aromatic heterocycles. The molecule has 2 N–H and O–H groups in total. The fourth-order valence-corrected chi connectivity index (χ4v) is 1.33. The first-order chi connectivity index (χ1) is 7.77. The second kappa shape index (κ2) is 6.71. The summed E-state index contributed by atoms with van der Waals surface area (Å²) in [6.07, 6.45) is 0.455. The van der Waals surface area contributed by atoms with Gasteiger partial charge in [0.15, 0.2) is 0 Å². The van der Waals surface area contributed by atoms with Crippen LogP contribution < -0.4 is 15.4 Å². The second-order valence-corrected chi connectivity index (χ2v) is 3.28. The summed E-state index contributed by atoms with van der Waals surface area (Å²) in [6, 6.07) is 7.71. The molecular formula is C12H18N2O2. The molecule has 0 aliphatic rings. The van der Waals surface area contributed by atoms with Crippen molar-refractivity contribution in [1.29, 1.82) is 0 Å². The zero-order valence-electron chi connectivity index (χ0n) is 9.75. The van der Waals surface area contributed by atoms with Crippen molar-refractivity contribution in [2.24, 2.45) is 0 Å². The van der Waals surface area contributed by atoms with Crippen molar-refractivity contribution < 1.29 is 9.53 Å². The molecule has 88 valence electrons. The highest BCUT2D eigenvalue weighted by molar-refractivity contribution is 5.76. The molecule has 0 radical (unpaired) electrons. The number of hydrogen-bond acceptors (Lipinski definition) is 3. The van der Waals surface area contributed by atoms with E-state index in [1.54, 1.807) is 7.05 Å². The van der Waals surface area contributed by atoms with Gasteiger partial charge < -0.3 is 15.4 Å². The van der Waals surface area contributed by atoms with Crippen molar-refractivity contribution in [2.75, 3.05) is 25.5 Å². The predicted molar refractivity (Wildman–Crippen MR) is 64.8 cm³/mol. The van der Waals surface area contributed by atoms with Gasteiger partial charge in [0.2, 0.25) is 5.91 Å². The van der Waals surface area contributed by atoms with Crippen LogP contribution in [0.5, 0.6) is 5.75 Å². The Balaban J connectivity index is 2.49. The highest BCUT2D eigenvalue weighted by atomic mass is 16.5. The summed E-state index contributed by atoms with van der Waals surface area (Å²) in [7, 11) is 1.64. The number of para-hydroxylation sites is 2. The number of ether oxygens (including phenoxy) is 1. The van der Waals surface area contributed by atoms with Crippen LogP contribution in [0, 0.1) is 0 Å². The first kappa shape index (κ1) is 12.4. The molecule has 4 heteroatoms. The Hall–Kier alpha value is -1.71. The quantitative estimate of drug-likeness (QED) is 0.769. The number of nitrogens with one attached hydrogen (secondary N) is 2. The molecule has 16 heavy (non-hydrogen) atoms. The van der Waals surface area contributed by atoms with E-state index in [1.807, 2.05) is 31.2 Å². The van der Waals surface area contributed by atoms with Gasteiger partial charge in [0, 0.05) is 20.0 Å². The largest absolute Gasteiger partial charge is 0.492 e. The average molecular weight is 222 g/mol. The van der Waals surface area contributed by atoms with Gasteiger partial charge in [-0.25, -0.2) is 0 Å². The number of hydrogen-bond donors (Lipinski definition) is 2. The summed E-state index contributed by atoms with van der Waals surface area (Å²) in [5, 5.41) is 5.76. The summed E-state index contributed by atoms with van der Waals surface area (Å²) >= 11 is 0. The van der Waals surface area contributed by atoms with E-state index in [4.69, 9.17) is 4.74 Å². The first-order valence-corrected chi connectivity index (χ1v) is 5.44. The minimum absolute atomic E-state index is 0.0291. The Labute approximate surface area is 96.0 Å². The lowest BCUT2D eigenvalue weighted by molar-refractivity contribution is -0.120. The van der Waals surface area contributed by atoms with Gasteiger partial charge in [-0.3, -0.25) is 4.79 Å². The number of carbonyl (C=O) groups excluding carboxylic acids is 1. The van der Waals surface area contributed by atoms with Crippen molar-refractivity contribution in [3.05, 3.63) is 24.3 Å². The Morgan fingerprint density at radius 3 is 2.81 bits per heavy atom. The van der Waals surface area contributed by atoms with E-state index in [1.165, 1.54) is 0 Å². The van der Waals surface area contributed by atoms with Crippen LogP contribution in [0.4, 0.5) is 5.69 Å². The molecule has 0 aliphatic carbocycles. The number of carbonyl (C=O) groups is 1. The molecule has 1 aromatic rings. The van der Waals surface area contributed by atoms with Crippen LogP contribution in [0.3, 0.4) is 0 Å². The van der Waals surface area contributed by atoms with Crippen LogP contribution in [0.1, 0.15) is 13.3 Å². The average Bonchev–Trinajstić information content (AvgIpc) is 2.31. The van der Waals surface area contributed by atoms with E-state index in [-0.39, 0.29) is 5.91 Å². The van der Waals surface area contributed by atoms with Crippen LogP contribution in [-0.2, 0) is 4.79 Å². The van der Waals surface area contributed by atoms with Crippen LogP contribution in [0.25, 0.3) is 0 Å². The van der Waals surface area contributed by atoms with Crippen molar-refractivity contribution in [3.8, 4) is 5.75 Å². The Kier molecular flexibility index (Phi) is 5.19. The monoisotopic (exact) mass is 222 g/mol. The fourth-order valence-electron chi connectivity index (χ4n) is 1.33. The summed E-state index contributed by atoms with van der Waals surface area (Å²) in [4.78, 5) is 11.0. The summed E-state index contributed by atoms with van der Waals surface area (Å²) in [5.41, 5.74) is 0.924. The van der Waals surface area contributed by atoms with Crippen LogP contribution in [0.15, 0.2) is 24.3 Å². The molecule has 0 heterocycles. The highest BCUT2D eigenvalue weighted by Gasteiger charge is 2.02. The molecule has 0 fully saturated rings. The molecular weight excluding hydrogens is 204 g/mol. The molecule has 0 aliphatic heterocycles. The van der Waals surface area contributed by atoms with Crippen molar-refractivity contribution in [1.82, 2.24) is 5.32 Å². The van der Waals surface area contributed by atoms with E-state index in [9.17, 15) is 4.79 Å². The van der Waals surface area contributed by atoms with E-state index in [0.717, 1.165) is 11.4 Å². The van der Waals surface area contributed by atoms with Crippen molar-refractivity contribution >= 4 is 11.6 Å². The van der Waals surface area contributed by atoms with Crippen LogP contribution in [0.2, 0.25) is 0 Å². The third-order valence-electron chi connectivity index (χ3n) is 2.13. The van der Waals surface area contributed by atoms with E-state index >= 15 is 0 Å². The molecule has 0 saturated heterocycles. The van der Waals surface area contributed by atoms with Gasteiger partial charge in [0.1, 0.15) is 5.75 Å². The second-order valence-electron chi connectivity index (χ2n) is 3.28. The Morgan fingerprint density at radius 2 is 2.12 bits per heavy atom. The third-order valence-corrected chi connectivity index (χ3v) is 2.13. The minimum atomic E-state index is 0.0291. The maximum absolute atomic E-state index is 11.0. The van der Waals surface area contributed by atoms with E-state index < -0.39 is 0 Å². The summed E-state index contributed by atoms with van der Waals surface area (Å²) in [5.74, 6) is 0.850. The number of benzene rings is 1. The first-order valence-electron chi connectivity index (χ1n) is 5.44. The molecule has 0 atom stereocenters. The van der Waals surface area contributed by atoms with E-state index in [2.05, 4.69) is 10.6 Å². The molecule has 1 aromatic carbocycles. The normalized spacial score (nSPS) is 9.62. The van der Waals surface area contributed by atoms with Crippen LogP contribution in [-0.4, -0.2) is 26.1 Å². The van der Waals surface area contributed by atoms with E-state index in [0.29, 0.717) is 19.6 Å². The highest BCUT2D eigenvalue weighted by Crippen LogP contribution is 2.23. The molecule has 4 nitrogen and oxygen atoms in total. The molecule has 1 amide bonds. The zero-order chi connectivity index (χ0) is 11.8. The lowest BCUT2D eigenvalue weighted by Crippen LogP contribution is -2.20. The topological polar surface area (TPSA) is 50.4 Å².